The zero-order chi connectivity index (χ0) is 13.4. The largest absolute Gasteiger partial charge is 0.477 e. The predicted octanol–water partition coefficient (Wildman–Crippen LogP) is 1.30. The highest BCUT2D eigenvalue weighted by Gasteiger charge is 2.12. The van der Waals surface area contributed by atoms with E-state index >= 15 is 0 Å². The summed E-state index contributed by atoms with van der Waals surface area (Å²) in [5.41, 5.74) is 0.266. The van der Waals surface area contributed by atoms with Crippen LogP contribution < -0.4 is 5.56 Å². The van der Waals surface area contributed by atoms with E-state index in [-0.39, 0.29) is 17.8 Å². The number of aromatic carboxylic acids is 1. The number of carboxylic acid groups (broad SMARTS) is 1. The van der Waals surface area contributed by atoms with Crippen LogP contribution in [0.4, 0.5) is 0 Å². The molecule has 1 N–H and O–H groups in total. The summed E-state index contributed by atoms with van der Waals surface area (Å²) < 4.78 is 3.04. The molecule has 0 amide bonds. The molecule has 0 unspecified atom stereocenters. The summed E-state index contributed by atoms with van der Waals surface area (Å²) in [6.45, 7) is 0.149. The maximum Gasteiger partial charge on any atom is 0.352 e. The molecule has 96 valence electrons. The minimum absolute atomic E-state index is 0.0381. The maximum absolute atomic E-state index is 11.8. The van der Waals surface area contributed by atoms with Gasteiger partial charge in [-0.25, -0.2) is 9.78 Å². The molecule has 0 aliphatic heterocycles. The molecule has 0 saturated carbocycles. The Labute approximate surface area is 111 Å². The van der Waals surface area contributed by atoms with Crippen LogP contribution in [-0.2, 0) is 6.54 Å². The minimum Gasteiger partial charge on any atom is -0.477 e. The van der Waals surface area contributed by atoms with Gasteiger partial charge >= 0.3 is 5.97 Å². The van der Waals surface area contributed by atoms with Gasteiger partial charge in [0.15, 0.2) is 4.96 Å². The van der Waals surface area contributed by atoms with Gasteiger partial charge in [-0.1, -0.05) is 6.07 Å². The first-order chi connectivity index (χ1) is 9.15. The van der Waals surface area contributed by atoms with Crippen molar-refractivity contribution in [2.45, 2.75) is 6.54 Å². The molecule has 3 heterocycles. The molecule has 0 fully saturated rings. The van der Waals surface area contributed by atoms with Crippen molar-refractivity contribution in [2.75, 3.05) is 0 Å². The quantitative estimate of drug-likeness (QED) is 0.781. The van der Waals surface area contributed by atoms with Crippen LogP contribution in [0.1, 0.15) is 16.2 Å². The zero-order valence-corrected chi connectivity index (χ0v) is 10.5. The Hall–Kier alpha value is -2.41. The lowest BCUT2D eigenvalue weighted by Crippen LogP contribution is -2.25. The molecule has 7 heteroatoms. The fourth-order valence-electron chi connectivity index (χ4n) is 1.88. The number of imidazole rings is 1. The summed E-state index contributed by atoms with van der Waals surface area (Å²) >= 11 is 1.48. The van der Waals surface area contributed by atoms with Gasteiger partial charge < -0.3 is 5.11 Å². The van der Waals surface area contributed by atoms with E-state index in [1.54, 1.807) is 6.20 Å². The standard InChI is InChI=1S/C12H9N3O3S/c16-10-3-1-2-9(11(17)18)15(10)7-8-6-14-4-5-19-12(14)13-8/h1-6H,7H2,(H,17,18). The average Bonchev–Trinajstić information content (AvgIpc) is 2.92. The van der Waals surface area contributed by atoms with Crippen molar-refractivity contribution in [1.82, 2.24) is 14.0 Å². The molecule has 0 aliphatic rings. The summed E-state index contributed by atoms with van der Waals surface area (Å²) in [5, 5.41) is 11.0. The van der Waals surface area contributed by atoms with Gasteiger partial charge in [-0.15, -0.1) is 11.3 Å². The van der Waals surface area contributed by atoms with E-state index < -0.39 is 5.97 Å². The number of pyridine rings is 1. The van der Waals surface area contributed by atoms with Gasteiger partial charge in [0.2, 0.25) is 0 Å². The molecule has 0 atom stereocenters. The normalized spacial score (nSPS) is 10.9. The van der Waals surface area contributed by atoms with E-state index in [9.17, 15) is 9.59 Å². The maximum atomic E-state index is 11.8. The highest BCUT2D eigenvalue weighted by molar-refractivity contribution is 7.15. The summed E-state index contributed by atoms with van der Waals surface area (Å²) in [4.78, 5) is 28.0. The number of carboxylic acids is 1. The second-order valence-corrected chi connectivity index (χ2v) is 4.84. The van der Waals surface area contributed by atoms with Crippen molar-refractivity contribution in [3.8, 4) is 0 Å². The highest BCUT2D eigenvalue weighted by atomic mass is 32.1. The van der Waals surface area contributed by atoms with Crippen molar-refractivity contribution in [3.63, 3.8) is 0 Å². The summed E-state index contributed by atoms with van der Waals surface area (Å²) in [7, 11) is 0. The summed E-state index contributed by atoms with van der Waals surface area (Å²) in [5.74, 6) is -1.13. The molecule has 0 aliphatic carbocycles. The highest BCUT2D eigenvalue weighted by Crippen LogP contribution is 2.12. The van der Waals surface area contributed by atoms with E-state index in [1.165, 1.54) is 34.1 Å². The zero-order valence-electron chi connectivity index (χ0n) is 9.68. The molecule has 0 saturated heterocycles. The molecule has 0 aromatic carbocycles. The summed E-state index contributed by atoms with van der Waals surface area (Å²) in [6, 6.07) is 4.18. The smallest absolute Gasteiger partial charge is 0.352 e. The van der Waals surface area contributed by atoms with Gasteiger partial charge in [0, 0.05) is 23.8 Å². The fourth-order valence-corrected chi connectivity index (χ4v) is 2.60. The van der Waals surface area contributed by atoms with Crippen molar-refractivity contribution >= 4 is 22.3 Å². The molecule has 0 radical (unpaired) electrons. The third-order valence-corrected chi connectivity index (χ3v) is 3.50. The lowest BCUT2D eigenvalue weighted by atomic mass is 10.3. The first kappa shape index (κ1) is 11.7. The number of nitrogens with zero attached hydrogens (tertiary/aromatic N) is 3. The molecule has 3 aromatic heterocycles. The first-order valence-electron chi connectivity index (χ1n) is 5.49. The molecule has 0 spiro atoms. The van der Waals surface area contributed by atoms with E-state index in [0.29, 0.717) is 5.69 Å². The number of hydrogen-bond acceptors (Lipinski definition) is 4. The van der Waals surface area contributed by atoms with Crippen LogP contribution in [0.25, 0.3) is 4.96 Å². The Bertz CT molecular complexity index is 786. The van der Waals surface area contributed by atoms with Gasteiger partial charge in [0.25, 0.3) is 5.56 Å². The number of carbonyl (C=O) groups is 1. The van der Waals surface area contributed by atoms with E-state index in [4.69, 9.17) is 5.11 Å². The van der Waals surface area contributed by atoms with Gasteiger partial charge in [-0.3, -0.25) is 13.8 Å². The monoisotopic (exact) mass is 275 g/mol. The lowest BCUT2D eigenvalue weighted by Gasteiger charge is -2.07. The molecular weight excluding hydrogens is 266 g/mol. The number of thiazole rings is 1. The Morgan fingerprint density at radius 1 is 1.42 bits per heavy atom. The minimum atomic E-state index is -1.13. The summed E-state index contributed by atoms with van der Waals surface area (Å²) in [6.07, 6.45) is 3.65. The fraction of sp³-hybridized carbons (Fsp3) is 0.0833. The van der Waals surface area contributed by atoms with Gasteiger partial charge in [-0.2, -0.15) is 0 Å². The van der Waals surface area contributed by atoms with Crippen LogP contribution in [-0.4, -0.2) is 25.0 Å². The third kappa shape index (κ3) is 2.04. The SMILES string of the molecule is O=C(O)c1cccc(=O)n1Cc1cn2ccsc2n1. The predicted molar refractivity (Wildman–Crippen MR) is 69.8 cm³/mol. The molecule has 6 nitrogen and oxygen atoms in total. The van der Waals surface area contributed by atoms with Crippen LogP contribution in [0, 0.1) is 0 Å². The average molecular weight is 275 g/mol. The Balaban J connectivity index is 2.05. The van der Waals surface area contributed by atoms with Crippen molar-refractivity contribution < 1.29 is 9.90 Å². The van der Waals surface area contributed by atoms with E-state index in [2.05, 4.69) is 4.98 Å². The molecule has 19 heavy (non-hydrogen) atoms. The Morgan fingerprint density at radius 3 is 3.00 bits per heavy atom. The Kier molecular flexibility index (Phi) is 2.68. The van der Waals surface area contributed by atoms with Crippen molar-refractivity contribution in [3.05, 3.63) is 57.7 Å². The number of aromatic nitrogens is 3. The molecular formula is C12H9N3O3S. The number of fused-ring (bicyclic) bond motifs is 1. The lowest BCUT2D eigenvalue weighted by molar-refractivity contribution is 0.0684. The van der Waals surface area contributed by atoms with Crippen LogP contribution in [0.2, 0.25) is 0 Å². The van der Waals surface area contributed by atoms with Gasteiger partial charge in [-0.05, 0) is 6.07 Å². The molecule has 3 rings (SSSR count). The number of hydrogen-bond donors (Lipinski definition) is 1. The van der Waals surface area contributed by atoms with Gasteiger partial charge in [0.05, 0.1) is 12.2 Å². The van der Waals surface area contributed by atoms with Gasteiger partial charge in [0.1, 0.15) is 5.69 Å². The van der Waals surface area contributed by atoms with E-state index in [0.717, 1.165) is 4.96 Å². The third-order valence-electron chi connectivity index (χ3n) is 2.73. The topological polar surface area (TPSA) is 76.6 Å². The second kappa shape index (κ2) is 4.36. The number of rotatable bonds is 3. The van der Waals surface area contributed by atoms with Crippen LogP contribution in [0.5, 0.6) is 0 Å². The second-order valence-electron chi connectivity index (χ2n) is 3.97. The first-order valence-corrected chi connectivity index (χ1v) is 6.37. The molecule has 3 aromatic rings. The van der Waals surface area contributed by atoms with Crippen LogP contribution in [0.15, 0.2) is 40.8 Å². The Morgan fingerprint density at radius 2 is 2.26 bits per heavy atom. The van der Waals surface area contributed by atoms with Crippen molar-refractivity contribution in [2.24, 2.45) is 0 Å². The molecule has 0 bridgehead atoms. The van der Waals surface area contributed by atoms with Crippen molar-refractivity contribution in [1.29, 1.82) is 0 Å². The van der Waals surface area contributed by atoms with E-state index in [1.807, 2.05) is 16.0 Å². The van der Waals surface area contributed by atoms with Crippen LogP contribution >= 0.6 is 11.3 Å². The van der Waals surface area contributed by atoms with Crippen LogP contribution in [0.3, 0.4) is 0 Å².